The number of nitriles is 1. The van der Waals surface area contributed by atoms with E-state index in [0.717, 1.165) is 11.8 Å². The summed E-state index contributed by atoms with van der Waals surface area (Å²) in [4.78, 5) is 16.5. The van der Waals surface area contributed by atoms with Gasteiger partial charge in [-0.1, -0.05) is 0 Å². The molecular weight excluding hydrogens is 251 g/mol. The number of hydrogen-bond donors (Lipinski definition) is 0. The first-order chi connectivity index (χ1) is 8.63. The lowest BCUT2D eigenvalue weighted by molar-refractivity contribution is 0.0981. The first-order valence-electron chi connectivity index (χ1n) is 5.23. The van der Waals surface area contributed by atoms with Crippen molar-refractivity contribution >= 4 is 17.1 Å². The van der Waals surface area contributed by atoms with E-state index in [1.54, 1.807) is 5.38 Å². The molecule has 0 N–H and O–H groups in total. The van der Waals surface area contributed by atoms with Gasteiger partial charge in [-0.3, -0.25) is 9.78 Å². The van der Waals surface area contributed by atoms with E-state index in [0.29, 0.717) is 4.88 Å². The lowest BCUT2D eigenvalue weighted by atomic mass is 9.98. The van der Waals surface area contributed by atoms with Crippen LogP contribution in [0, 0.1) is 24.1 Å². The Morgan fingerprint density at radius 3 is 2.78 bits per heavy atom. The Morgan fingerprint density at radius 2 is 2.28 bits per heavy atom. The number of halogens is 1. The highest BCUT2D eigenvalue weighted by Crippen LogP contribution is 2.24. The van der Waals surface area contributed by atoms with Crippen molar-refractivity contribution < 1.29 is 9.18 Å². The Bertz CT molecular complexity index is 613. The van der Waals surface area contributed by atoms with Gasteiger partial charge < -0.3 is 0 Å². The zero-order valence-corrected chi connectivity index (χ0v) is 10.4. The zero-order valence-electron chi connectivity index (χ0n) is 9.55. The molecule has 2 aromatic rings. The highest BCUT2D eigenvalue weighted by Gasteiger charge is 2.25. The van der Waals surface area contributed by atoms with Crippen molar-refractivity contribution in [2.24, 2.45) is 0 Å². The van der Waals surface area contributed by atoms with E-state index in [2.05, 4.69) is 4.98 Å². The Balaban J connectivity index is 2.36. The van der Waals surface area contributed by atoms with Crippen LogP contribution in [-0.4, -0.2) is 10.8 Å². The molecule has 0 saturated carbocycles. The number of Topliss-reactive ketones (excluding diaryl/α,β-unsaturated/α-hetero) is 1. The molecule has 1 unspecified atom stereocenters. The summed E-state index contributed by atoms with van der Waals surface area (Å²) < 4.78 is 12.8. The minimum absolute atomic E-state index is 0.275. The topological polar surface area (TPSA) is 53.8 Å². The van der Waals surface area contributed by atoms with Crippen molar-refractivity contribution in [1.82, 2.24) is 4.98 Å². The van der Waals surface area contributed by atoms with Gasteiger partial charge in [-0.05, 0) is 36.1 Å². The first kappa shape index (κ1) is 12.4. The van der Waals surface area contributed by atoms with Crippen LogP contribution in [0.4, 0.5) is 4.39 Å². The second-order valence-electron chi connectivity index (χ2n) is 3.76. The molecule has 18 heavy (non-hydrogen) atoms. The Labute approximate surface area is 108 Å². The molecule has 5 heteroatoms. The minimum Gasteiger partial charge on any atom is -0.291 e. The minimum atomic E-state index is -0.983. The van der Waals surface area contributed by atoms with Crippen LogP contribution in [0.2, 0.25) is 0 Å². The van der Waals surface area contributed by atoms with Gasteiger partial charge in [0.2, 0.25) is 0 Å². The van der Waals surface area contributed by atoms with E-state index in [1.165, 1.54) is 23.5 Å². The van der Waals surface area contributed by atoms with Crippen molar-refractivity contribution in [3.8, 4) is 6.07 Å². The quantitative estimate of drug-likeness (QED) is 0.797. The molecule has 3 nitrogen and oxygen atoms in total. The summed E-state index contributed by atoms with van der Waals surface area (Å²) in [6.45, 7) is 1.82. The van der Waals surface area contributed by atoms with Crippen molar-refractivity contribution in [3.63, 3.8) is 0 Å². The molecule has 0 aliphatic rings. The van der Waals surface area contributed by atoms with Gasteiger partial charge in [0, 0.05) is 0 Å². The van der Waals surface area contributed by atoms with Crippen LogP contribution in [0.5, 0.6) is 0 Å². The van der Waals surface area contributed by atoms with Crippen molar-refractivity contribution in [2.75, 3.05) is 0 Å². The number of pyridine rings is 1. The molecule has 0 amide bonds. The summed E-state index contributed by atoms with van der Waals surface area (Å²) in [5.74, 6) is -1.76. The molecule has 90 valence electrons. The highest BCUT2D eigenvalue weighted by molar-refractivity contribution is 7.12. The lowest BCUT2D eigenvalue weighted by Gasteiger charge is -2.06. The van der Waals surface area contributed by atoms with Crippen molar-refractivity contribution in [3.05, 3.63) is 51.7 Å². The molecule has 1 atom stereocenters. The fourth-order valence-electron chi connectivity index (χ4n) is 1.57. The largest absolute Gasteiger partial charge is 0.291 e. The van der Waals surface area contributed by atoms with Crippen LogP contribution in [-0.2, 0) is 0 Å². The monoisotopic (exact) mass is 260 g/mol. The average Bonchev–Trinajstić information content (AvgIpc) is 2.78. The molecular formula is C13H9FN2OS. The molecule has 0 radical (unpaired) electrons. The summed E-state index contributed by atoms with van der Waals surface area (Å²) in [7, 11) is 0. The molecule has 2 heterocycles. The molecule has 2 aromatic heterocycles. The normalized spacial score (nSPS) is 11.8. The maximum Gasteiger partial charge on any atom is 0.196 e. The maximum atomic E-state index is 12.8. The second kappa shape index (κ2) is 5.07. The summed E-state index contributed by atoms with van der Waals surface area (Å²) in [5, 5.41) is 10.9. The van der Waals surface area contributed by atoms with Gasteiger partial charge in [-0.2, -0.15) is 5.26 Å². The predicted octanol–water partition coefficient (Wildman–Crippen LogP) is 3.08. The van der Waals surface area contributed by atoms with Crippen LogP contribution < -0.4 is 0 Å². The van der Waals surface area contributed by atoms with Crippen LogP contribution in [0.15, 0.2) is 29.8 Å². The number of ketones is 1. The fraction of sp³-hybridized carbons (Fsp3) is 0.154. The number of carbonyl (C=O) groups excluding carboxylic acids is 1. The number of rotatable bonds is 3. The highest BCUT2D eigenvalue weighted by atomic mass is 32.1. The molecule has 0 bridgehead atoms. The van der Waals surface area contributed by atoms with Crippen LogP contribution >= 0.6 is 11.3 Å². The van der Waals surface area contributed by atoms with Crippen LogP contribution in [0.1, 0.15) is 26.8 Å². The third-order valence-corrected chi connectivity index (χ3v) is 3.55. The van der Waals surface area contributed by atoms with E-state index in [-0.39, 0.29) is 11.5 Å². The van der Waals surface area contributed by atoms with Gasteiger partial charge >= 0.3 is 0 Å². The molecule has 0 fully saturated rings. The lowest BCUT2D eigenvalue weighted by Crippen LogP contribution is -2.12. The maximum absolute atomic E-state index is 12.8. The van der Waals surface area contributed by atoms with E-state index in [9.17, 15) is 9.18 Å². The number of thiophene rings is 1. The summed E-state index contributed by atoms with van der Waals surface area (Å²) in [6.07, 6.45) is 1.01. The number of hydrogen-bond acceptors (Lipinski definition) is 4. The molecule has 0 aliphatic carbocycles. The van der Waals surface area contributed by atoms with Gasteiger partial charge in [0.25, 0.3) is 0 Å². The van der Waals surface area contributed by atoms with Gasteiger partial charge in [-0.15, -0.1) is 11.3 Å². The second-order valence-corrected chi connectivity index (χ2v) is 4.68. The summed E-state index contributed by atoms with van der Waals surface area (Å²) >= 11 is 1.30. The summed E-state index contributed by atoms with van der Waals surface area (Å²) in [6, 6.07) is 6.31. The third-order valence-electron chi connectivity index (χ3n) is 2.52. The van der Waals surface area contributed by atoms with E-state index in [4.69, 9.17) is 5.26 Å². The Hall–Kier alpha value is -2.06. The van der Waals surface area contributed by atoms with Gasteiger partial charge in [0.1, 0.15) is 5.82 Å². The smallest absolute Gasteiger partial charge is 0.196 e. The van der Waals surface area contributed by atoms with Gasteiger partial charge in [0.15, 0.2) is 11.7 Å². The standard InChI is InChI=1S/C13H9FN2OS/c1-8-4-5-18-13(8)12(17)10(6-15)11-3-2-9(14)7-16-11/h2-5,7,10H,1H3. The molecule has 0 aliphatic heterocycles. The molecule has 2 rings (SSSR count). The molecule has 0 saturated heterocycles. The first-order valence-corrected chi connectivity index (χ1v) is 6.11. The SMILES string of the molecule is Cc1ccsc1C(=O)C(C#N)c1ccc(F)cn1. The van der Waals surface area contributed by atoms with Crippen LogP contribution in [0.3, 0.4) is 0 Å². The molecule has 0 spiro atoms. The summed E-state index contributed by atoms with van der Waals surface area (Å²) in [5.41, 5.74) is 1.11. The zero-order chi connectivity index (χ0) is 13.1. The number of nitrogens with zero attached hydrogens (tertiary/aromatic N) is 2. The van der Waals surface area contributed by atoms with Gasteiger partial charge in [-0.25, -0.2) is 4.39 Å². The van der Waals surface area contributed by atoms with E-state index < -0.39 is 11.7 Å². The number of aromatic nitrogens is 1. The third kappa shape index (κ3) is 2.29. The van der Waals surface area contributed by atoms with Crippen LogP contribution in [0.25, 0.3) is 0 Å². The predicted molar refractivity (Wildman–Crippen MR) is 65.9 cm³/mol. The van der Waals surface area contributed by atoms with Crippen molar-refractivity contribution in [2.45, 2.75) is 12.8 Å². The van der Waals surface area contributed by atoms with Crippen molar-refractivity contribution in [1.29, 1.82) is 5.26 Å². The van der Waals surface area contributed by atoms with E-state index in [1.807, 2.05) is 19.1 Å². The number of carbonyl (C=O) groups is 1. The Morgan fingerprint density at radius 1 is 1.50 bits per heavy atom. The Kier molecular flexibility index (Phi) is 3.49. The van der Waals surface area contributed by atoms with Gasteiger partial charge in [0.05, 0.1) is 22.8 Å². The molecule has 0 aromatic carbocycles. The fourth-order valence-corrected chi connectivity index (χ4v) is 2.47. The van der Waals surface area contributed by atoms with E-state index >= 15 is 0 Å². The average molecular weight is 260 g/mol. The number of aryl methyl sites for hydroxylation is 1.